The van der Waals surface area contributed by atoms with Crippen LogP contribution in [0.5, 0.6) is 0 Å². The van der Waals surface area contributed by atoms with Gasteiger partial charge in [-0.25, -0.2) is 0 Å². The summed E-state index contributed by atoms with van der Waals surface area (Å²) >= 11 is 0. The van der Waals surface area contributed by atoms with Gasteiger partial charge in [0.1, 0.15) is 5.54 Å². The molecule has 0 aliphatic carbocycles. The highest BCUT2D eigenvalue weighted by Gasteiger charge is 2.36. The minimum atomic E-state index is -1.97. The first-order valence-corrected chi connectivity index (χ1v) is 3.03. The predicted molar refractivity (Wildman–Crippen MR) is 37.0 cm³/mol. The molecule has 4 N–H and O–H groups in total. The van der Waals surface area contributed by atoms with E-state index in [4.69, 9.17) is 21.2 Å². The van der Waals surface area contributed by atoms with Gasteiger partial charge >= 0.3 is 11.9 Å². The summed E-state index contributed by atoms with van der Waals surface area (Å²) in [6.45, 7) is 0. The van der Waals surface area contributed by atoms with E-state index < -0.39 is 30.3 Å². The Morgan fingerprint density at radius 1 is 1.50 bits per heavy atom. The van der Waals surface area contributed by atoms with Crippen LogP contribution in [0.4, 0.5) is 0 Å². The Labute approximate surface area is 68.2 Å². The Morgan fingerprint density at radius 2 is 2.00 bits per heavy atom. The summed E-state index contributed by atoms with van der Waals surface area (Å²) in [4.78, 5) is 20.5. The fourth-order valence-corrected chi connectivity index (χ4v) is 0.625. The molecule has 66 valence electrons. The minimum absolute atomic E-state index is 0.519. The van der Waals surface area contributed by atoms with Gasteiger partial charge in [0.2, 0.25) is 0 Å². The first kappa shape index (κ1) is 10.4. The Morgan fingerprint density at radius 3 is 2.25 bits per heavy atom. The molecule has 0 saturated heterocycles. The number of aliphatic carboxylic acids is 2. The van der Waals surface area contributed by atoms with Gasteiger partial charge in [-0.15, -0.1) is 0 Å². The summed E-state index contributed by atoms with van der Waals surface area (Å²) in [5, 5.41) is 24.9. The van der Waals surface area contributed by atoms with Gasteiger partial charge in [0.15, 0.2) is 0 Å². The summed E-state index contributed by atoms with van der Waals surface area (Å²) in [5.74, 6) is -2.82. The van der Waals surface area contributed by atoms with E-state index in [1.165, 1.54) is 6.07 Å². The number of carbonyl (C=O) groups is 2. The zero-order chi connectivity index (χ0) is 9.78. The van der Waals surface area contributed by atoms with Crippen LogP contribution in [0, 0.1) is 11.3 Å². The quantitative estimate of drug-likeness (QED) is 0.507. The lowest BCUT2D eigenvalue weighted by molar-refractivity contribution is -0.149. The number of rotatable bonds is 4. The lowest BCUT2D eigenvalue weighted by Crippen LogP contribution is -2.49. The predicted octanol–water partition coefficient (Wildman–Crippen LogP) is -0.843. The van der Waals surface area contributed by atoms with E-state index in [-0.39, 0.29) is 0 Å². The Kier molecular flexibility index (Phi) is 3.19. The van der Waals surface area contributed by atoms with E-state index in [2.05, 4.69) is 0 Å². The first-order chi connectivity index (χ1) is 5.42. The van der Waals surface area contributed by atoms with Gasteiger partial charge in [-0.2, -0.15) is 5.26 Å². The Hall–Kier alpha value is -1.61. The van der Waals surface area contributed by atoms with Gasteiger partial charge in [-0.3, -0.25) is 9.59 Å². The van der Waals surface area contributed by atoms with Crippen molar-refractivity contribution in [2.24, 2.45) is 5.73 Å². The number of hydrogen-bond donors (Lipinski definition) is 3. The van der Waals surface area contributed by atoms with Crippen molar-refractivity contribution >= 4 is 11.9 Å². The Balaban J connectivity index is 4.52. The van der Waals surface area contributed by atoms with E-state index in [9.17, 15) is 9.59 Å². The van der Waals surface area contributed by atoms with E-state index in [0.717, 1.165) is 0 Å². The van der Waals surface area contributed by atoms with Crippen molar-refractivity contribution in [1.82, 2.24) is 0 Å². The van der Waals surface area contributed by atoms with Crippen LogP contribution >= 0.6 is 0 Å². The van der Waals surface area contributed by atoms with E-state index >= 15 is 0 Å². The average Bonchev–Trinajstić information content (AvgIpc) is 1.85. The van der Waals surface area contributed by atoms with Gasteiger partial charge in [-0.05, 0) is 0 Å². The summed E-state index contributed by atoms with van der Waals surface area (Å²) in [5.41, 5.74) is 3.18. The zero-order valence-electron chi connectivity index (χ0n) is 6.15. The molecule has 0 spiro atoms. The van der Waals surface area contributed by atoms with E-state index in [0.29, 0.717) is 0 Å². The molecule has 0 aromatic rings. The molecule has 0 fully saturated rings. The van der Waals surface area contributed by atoms with Gasteiger partial charge in [0, 0.05) is 0 Å². The molecule has 1 atom stereocenters. The van der Waals surface area contributed by atoms with Gasteiger partial charge < -0.3 is 15.9 Å². The third-order valence-corrected chi connectivity index (χ3v) is 1.29. The standard InChI is InChI=1S/C6H8N2O4/c7-2-1-6(8,5(11)12)3-4(9)10/h1,3,8H2,(H,9,10)(H,11,12). The minimum Gasteiger partial charge on any atom is -0.481 e. The van der Waals surface area contributed by atoms with E-state index in [1.54, 1.807) is 0 Å². The second-order valence-electron chi connectivity index (χ2n) is 2.37. The third-order valence-electron chi connectivity index (χ3n) is 1.29. The lowest BCUT2D eigenvalue weighted by Gasteiger charge is -2.18. The second kappa shape index (κ2) is 3.69. The molecule has 0 amide bonds. The molecular formula is C6H8N2O4. The molecule has 12 heavy (non-hydrogen) atoms. The van der Waals surface area contributed by atoms with Gasteiger partial charge in [0.05, 0.1) is 18.9 Å². The second-order valence-corrected chi connectivity index (χ2v) is 2.37. The van der Waals surface area contributed by atoms with Crippen molar-refractivity contribution < 1.29 is 19.8 Å². The molecule has 0 aliphatic heterocycles. The molecule has 0 rings (SSSR count). The molecule has 0 heterocycles. The van der Waals surface area contributed by atoms with Crippen LogP contribution < -0.4 is 5.73 Å². The summed E-state index contributed by atoms with van der Waals surface area (Å²) < 4.78 is 0. The van der Waals surface area contributed by atoms with Crippen LogP contribution in [0.2, 0.25) is 0 Å². The lowest BCUT2D eigenvalue weighted by atomic mass is 9.93. The molecule has 6 heteroatoms. The van der Waals surface area contributed by atoms with Crippen LogP contribution in [-0.2, 0) is 9.59 Å². The fraction of sp³-hybridized carbons (Fsp3) is 0.500. The van der Waals surface area contributed by atoms with E-state index in [1.807, 2.05) is 0 Å². The van der Waals surface area contributed by atoms with Gasteiger partial charge in [-0.1, -0.05) is 0 Å². The molecule has 0 radical (unpaired) electrons. The largest absolute Gasteiger partial charge is 0.481 e. The maximum atomic E-state index is 10.4. The number of nitriles is 1. The molecule has 0 aliphatic rings. The molecule has 0 bridgehead atoms. The zero-order valence-corrected chi connectivity index (χ0v) is 6.15. The average molecular weight is 172 g/mol. The third kappa shape index (κ3) is 2.56. The van der Waals surface area contributed by atoms with Crippen molar-refractivity contribution in [3.8, 4) is 6.07 Å². The van der Waals surface area contributed by atoms with Crippen molar-refractivity contribution in [1.29, 1.82) is 5.26 Å². The molecule has 0 saturated carbocycles. The van der Waals surface area contributed by atoms with Crippen LogP contribution in [0.1, 0.15) is 12.8 Å². The van der Waals surface area contributed by atoms with Crippen LogP contribution in [0.25, 0.3) is 0 Å². The highest BCUT2D eigenvalue weighted by molar-refractivity contribution is 5.85. The fourth-order valence-electron chi connectivity index (χ4n) is 0.625. The number of nitrogens with two attached hydrogens (primary N) is 1. The number of nitrogens with zero attached hydrogens (tertiary/aromatic N) is 1. The smallest absolute Gasteiger partial charge is 0.325 e. The number of carboxylic acids is 2. The van der Waals surface area contributed by atoms with Crippen molar-refractivity contribution in [2.75, 3.05) is 0 Å². The maximum Gasteiger partial charge on any atom is 0.325 e. The van der Waals surface area contributed by atoms with Crippen molar-refractivity contribution in [3.05, 3.63) is 0 Å². The topological polar surface area (TPSA) is 124 Å². The normalized spacial score (nSPS) is 14.3. The monoisotopic (exact) mass is 172 g/mol. The first-order valence-electron chi connectivity index (χ1n) is 3.03. The van der Waals surface area contributed by atoms with Gasteiger partial charge in [0.25, 0.3) is 0 Å². The summed E-state index contributed by atoms with van der Waals surface area (Å²) in [7, 11) is 0. The molecule has 0 aromatic heterocycles. The van der Waals surface area contributed by atoms with Crippen LogP contribution in [0.15, 0.2) is 0 Å². The molecule has 1 unspecified atom stereocenters. The van der Waals surface area contributed by atoms with Crippen LogP contribution in [-0.4, -0.2) is 27.7 Å². The highest BCUT2D eigenvalue weighted by atomic mass is 16.4. The SMILES string of the molecule is N#CCC(N)(CC(=O)O)C(=O)O. The maximum absolute atomic E-state index is 10.4. The van der Waals surface area contributed by atoms with Crippen molar-refractivity contribution in [2.45, 2.75) is 18.4 Å². The number of carboxylic acid groups (broad SMARTS) is 2. The van der Waals surface area contributed by atoms with Crippen LogP contribution in [0.3, 0.4) is 0 Å². The highest BCUT2D eigenvalue weighted by Crippen LogP contribution is 2.11. The molecular weight excluding hydrogens is 164 g/mol. The summed E-state index contributed by atoms with van der Waals surface area (Å²) in [6, 6.07) is 1.53. The molecule has 0 aromatic carbocycles. The Bertz CT molecular complexity index is 244. The number of hydrogen-bond acceptors (Lipinski definition) is 4. The summed E-state index contributed by atoms with van der Waals surface area (Å²) in [6.07, 6.45) is -1.27. The molecule has 6 nitrogen and oxygen atoms in total. The van der Waals surface area contributed by atoms with Crippen molar-refractivity contribution in [3.63, 3.8) is 0 Å².